The Morgan fingerprint density at radius 1 is 1.47 bits per heavy atom. The lowest BCUT2D eigenvalue weighted by molar-refractivity contribution is -0.127. The van der Waals surface area contributed by atoms with Crippen LogP contribution >= 0.6 is 0 Å². The van der Waals surface area contributed by atoms with Crippen molar-refractivity contribution in [2.75, 3.05) is 18.9 Å². The van der Waals surface area contributed by atoms with Crippen LogP contribution in [0, 0.1) is 5.82 Å². The van der Waals surface area contributed by atoms with E-state index in [0.29, 0.717) is 5.69 Å². The van der Waals surface area contributed by atoms with E-state index in [1.807, 2.05) is 0 Å². The van der Waals surface area contributed by atoms with Crippen LogP contribution in [0.4, 0.5) is 10.1 Å². The van der Waals surface area contributed by atoms with E-state index in [4.69, 9.17) is 0 Å². The summed E-state index contributed by atoms with van der Waals surface area (Å²) in [5.41, 5.74) is 0.395. The van der Waals surface area contributed by atoms with Crippen LogP contribution in [0.5, 0.6) is 0 Å². The van der Waals surface area contributed by atoms with Gasteiger partial charge in [-0.3, -0.25) is 4.79 Å². The SMILES string of the molecule is CN1CCC(Nc2ccccc2F)C1=O. The van der Waals surface area contributed by atoms with Gasteiger partial charge in [-0.1, -0.05) is 12.1 Å². The topological polar surface area (TPSA) is 32.3 Å². The predicted octanol–water partition coefficient (Wildman–Crippen LogP) is 1.47. The zero-order valence-corrected chi connectivity index (χ0v) is 8.53. The van der Waals surface area contributed by atoms with Gasteiger partial charge in [-0.05, 0) is 18.6 Å². The predicted molar refractivity (Wildman–Crippen MR) is 56.1 cm³/mol. The van der Waals surface area contributed by atoms with Crippen molar-refractivity contribution in [3.05, 3.63) is 30.1 Å². The van der Waals surface area contributed by atoms with Gasteiger partial charge in [0.25, 0.3) is 0 Å². The number of rotatable bonds is 2. The molecule has 0 bridgehead atoms. The fourth-order valence-corrected chi connectivity index (χ4v) is 1.72. The van der Waals surface area contributed by atoms with Crippen LogP contribution in [-0.4, -0.2) is 30.4 Å². The van der Waals surface area contributed by atoms with E-state index in [9.17, 15) is 9.18 Å². The summed E-state index contributed by atoms with van der Waals surface area (Å²) in [6.45, 7) is 0.727. The minimum atomic E-state index is -0.320. The number of anilines is 1. The first-order valence-corrected chi connectivity index (χ1v) is 4.94. The number of hydrogen-bond donors (Lipinski definition) is 1. The zero-order valence-electron chi connectivity index (χ0n) is 8.53. The molecule has 0 aromatic heterocycles. The second-order valence-electron chi connectivity index (χ2n) is 3.73. The van der Waals surface area contributed by atoms with Gasteiger partial charge in [0, 0.05) is 13.6 Å². The van der Waals surface area contributed by atoms with Crippen LogP contribution in [-0.2, 0) is 4.79 Å². The molecule has 1 aliphatic rings. The molecule has 15 heavy (non-hydrogen) atoms. The molecule has 1 amide bonds. The van der Waals surface area contributed by atoms with Crippen molar-refractivity contribution < 1.29 is 9.18 Å². The largest absolute Gasteiger partial charge is 0.371 e. The van der Waals surface area contributed by atoms with Crippen molar-refractivity contribution in [3.63, 3.8) is 0 Å². The molecule has 2 rings (SSSR count). The van der Waals surface area contributed by atoms with Gasteiger partial charge in [-0.25, -0.2) is 4.39 Å². The first-order valence-electron chi connectivity index (χ1n) is 4.94. The molecule has 0 aliphatic carbocycles. The smallest absolute Gasteiger partial charge is 0.244 e. The molecule has 1 aromatic rings. The quantitative estimate of drug-likeness (QED) is 0.798. The minimum absolute atomic E-state index is 0.0262. The highest BCUT2D eigenvalue weighted by Crippen LogP contribution is 2.18. The van der Waals surface area contributed by atoms with Crippen molar-refractivity contribution >= 4 is 11.6 Å². The van der Waals surface area contributed by atoms with E-state index in [2.05, 4.69) is 5.32 Å². The third kappa shape index (κ3) is 1.93. The number of likely N-dealkylation sites (tertiary alicyclic amines) is 1. The minimum Gasteiger partial charge on any atom is -0.371 e. The molecule has 1 aromatic carbocycles. The maximum absolute atomic E-state index is 13.3. The summed E-state index contributed by atoms with van der Waals surface area (Å²) in [6.07, 6.45) is 0.726. The van der Waals surface area contributed by atoms with Crippen LogP contribution in [0.1, 0.15) is 6.42 Å². The third-order valence-corrected chi connectivity index (χ3v) is 2.63. The molecule has 0 spiro atoms. The summed E-state index contributed by atoms with van der Waals surface area (Å²) in [6, 6.07) is 6.11. The summed E-state index contributed by atoms with van der Waals surface area (Å²) < 4.78 is 13.3. The highest BCUT2D eigenvalue weighted by Gasteiger charge is 2.29. The number of amides is 1. The normalized spacial score (nSPS) is 20.8. The Bertz CT molecular complexity index is 381. The molecule has 1 aliphatic heterocycles. The average molecular weight is 208 g/mol. The van der Waals surface area contributed by atoms with Crippen molar-refractivity contribution in [1.82, 2.24) is 4.90 Å². The van der Waals surface area contributed by atoms with Crippen molar-refractivity contribution in [2.45, 2.75) is 12.5 Å². The maximum Gasteiger partial charge on any atom is 0.244 e. The highest BCUT2D eigenvalue weighted by atomic mass is 19.1. The second kappa shape index (κ2) is 3.88. The number of halogens is 1. The Balaban J connectivity index is 2.10. The molecular weight excluding hydrogens is 195 g/mol. The lowest BCUT2D eigenvalue weighted by Gasteiger charge is -2.13. The molecule has 0 saturated carbocycles. The van der Waals surface area contributed by atoms with Gasteiger partial charge in [-0.15, -0.1) is 0 Å². The van der Waals surface area contributed by atoms with E-state index < -0.39 is 0 Å². The van der Waals surface area contributed by atoms with Gasteiger partial charge in [0.05, 0.1) is 5.69 Å². The Labute approximate surface area is 87.9 Å². The fraction of sp³-hybridized carbons (Fsp3) is 0.364. The number of nitrogens with one attached hydrogen (secondary N) is 1. The van der Waals surface area contributed by atoms with Crippen molar-refractivity contribution in [2.24, 2.45) is 0 Å². The van der Waals surface area contributed by atoms with Crippen LogP contribution in [0.15, 0.2) is 24.3 Å². The van der Waals surface area contributed by atoms with E-state index in [-0.39, 0.29) is 17.8 Å². The number of likely N-dealkylation sites (N-methyl/N-ethyl adjacent to an activating group) is 1. The molecule has 4 heteroatoms. The zero-order chi connectivity index (χ0) is 10.8. The average Bonchev–Trinajstić information content (AvgIpc) is 2.53. The summed E-state index contributed by atoms with van der Waals surface area (Å²) in [7, 11) is 1.76. The molecule has 80 valence electrons. The Hall–Kier alpha value is -1.58. The van der Waals surface area contributed by atoms with Gasteiger partial charge in [0.1, 0.15) is 11.9 Å². The number of carbonyl (C=O) groups is 1. The lowest BCUT2D eigenvalue weighted by atomic mass is 10.2. The molecule has 1 unspecified atom stereocenters. The Morgan fingerprint density at radius 2 is 2.20 bits per heavy atom. The van der Waals surface area contributed by atoms with E-state index in [1.165, 1.54) is 6.07 Å². The van der Waals surface area contributed by atoms with Gasteiger partial charge in [-0.2, -0.15) is 0 Å². The number of nitrogens with zero attached hydrogens (tertiary/aromatic N) is 1. The maximum atomic E-state index is 13.3. The first kappa shape index (κ1) is 9.96. The number of hydrogen-bond acceptors (Lipinski definition) is 2. The van der Waals surface area contributed by atoms with Gasteiger partial charge in [0.15, 0.2) is 0 Å². The molecule has 1 N–H and O–H groups in total. The Kier molecular flexibility index (Phi) is 2.58. The van der Waals surface area contributed by atoms with Crippen LogP contribution in [0.2, 0.25) is 0 Å². The molecule has 1 atom stereocenters. The third-order valence-electron chi connectivity index (χ3n) is 2.63. The second-order valence-corrected chi connectivity index (χ2v) is 3.73. The first-order chi connectivity index (χ1) is 7.18. The monoisotopic (exact) mass is 208 g/mol. The standard InChI is InChI=1S/C11H13FN2O/c1-14-7-6-10(11(14)15)13-9-5-3-2-4-8(9)12/h2-5,10,13H,6-7H2,1H3. The van der Waals surface area contributed by atoms with Gasteiger partial charge >= 0.3 is 0 Å². The van der Waals surface area contributed by atoms with E-state index in [1.54, 1.807) is 30.1 Å². The van der Waals surface area contributed by atoms with Crippen LogP contribution in [0.3, 0.4) is 0 Å². The van der Waals surface area contributed by atoms with Crippen molar-refractivity contribution in [1.29, 1.82) is 0 Å². The van der Waals surface area contributed by atoms with Gasteiger partial charge in [0.2, 0.25) is 5.91 Å². The molecule has 1 fully saturated rings. The summed E-state index contributed by atoms with van der Waals surface area (Å²) in [5.74, 6) is -0.293. The number of carbonyl (C=O) groups excluding carboxylic acids is 1. The van der Waals surface area contributed by atoms with Crippen LogP contribution < -0.4 is 5.32 Å². The molecule has 1 heterocycles. The molecule has 3 nitrogen and oxygen atoms in total. The van der Waals surface area contributed by atoms with E-state index in [0.717, 1.165) is 13.0 Å². The number of para-hydroxylation sites is 1. The van der Waals surface area contributed by atoms with E-state index >= 15 is 0 Å². The summed E-state index contributed by atoms with van der Waals surface area (Å²) >= 11 is 0. The summed E-state index contributed by atoms with van der Waals surface area (Å²) in [5, 5.41) is 2.92. The Morgan fingerprint density at radius 3 is 2.80 bits per heavy atom. The molecular formula is C11H13FN2O. The summed E-state index contributed by atoms with van der Waals surface area (Å²) in [4.78, 5) is 13.2. The molecule has 0 radical (unpaired) electrons. The molecule has 1 saturated heterocycles. The lowest BCUT2D eigenvalue weighted by Crippen LogP contribution is -2.31. The van der Waals surface area contributed by atoms with Crippen LogP contribution in [0.25, 0.3) is 0 Å². The van der Waals surface area contributed by atoms with Gasteiger partial charge < -0.3 is 10.2 Å². The number of benzene rings is 1. The van der Waals surface area contributed by atoms with Crippen molar-refractivity contribution in [3.8, 4) is 0 Å². The highest BCUT2D eigenvalue weighted by molar-refractivity contribution is 5.86. The fourth-order valence-electron chi connectivity index (χ4n) is 1.72.